The summed E-state index contributed by atoms with van der Waals surface area (Å²) in [7, 11) is 0. The van der Waals surface area contributed by atoms with Gasteiger partial charge < -0.3 is 4.74 Å². The molecule has 0 heterocycles. The highest BCUT2D eigenvalue weighted by Crippen LogP contribution is 2.08. The lowest BCUT2D eigenvalue weighted by Crippen LogP contribution is -1.95. The first-order valence-electron chi connectivity index (χ1n) is 9.70. The predicted molar refractivity (Wildman–Crippen MR) is 102 cm³/mol. The second-order valence-corrected chi connectivity index (χ2v) is 6.42. The van der Waals surface area contributed by atoms with Gasteiger partial charge >= 0.3 is 0 Å². The van der Waals surface area contributed by atoms with Crippen molar-refractivity contribution in [1.82, 2.24) is 0 Å². The van der Waals surface area contributed by atoms with Crippen LogP contribution in [0.25, 0.3) is 0 Å². The fraction of sp³-hybridized carbons (Fsp3) is 0.636. The molecule has 1 nitrogen and oxygen atoms in total. The summed E-state index contributed by atoms with van der Waals surface area (Å²) in [5, 5.41) is 0. The van der Waals surface area contributed by atoms with Gasteiger partial charge in [0, 0.05) is 6.61 Å². The Balaban J connectivity index is 1.78. The minimum atomic E-state index is 0.749. The van der Waals surface area contributed by atoms with Crippen molar-refractivity contribution in [3.8, 4) is 0 Å². The normalized spacial score (nSPS) is 11.3. The van der Waals surface area contributed by atoms with Gasteiger partial charge in [0.05, 0.1) is 6.61 Å². The maximum absolute atomic E-state index is 5.70. The summed E-state index contributed by atoms with van der Waals surface area (Å²) in [5.41, 5.74) is 1.27. The van der Waals surface area contributed by atoms with E-state index in [4.69, 9.17) is 4.74 Å². The Kier molecular flexibility index (Phi) is 13.7. The van der Waals surface area contributed by atoms with E-state index in [2.05, 4.69) is 43.3 Å². The molecule has 23 heavy (non-hydrogen) atoms. The first-order valence-corrected chi connectivity index (χ1v) is 9.70. The Bertz CT molecular complexity index is 369. The lowest BCUT2D eigenvalue weighted by Gasteiger charge is -2.03. The van der Waals surface area contributed by atoms with Crippen LogP contribution in [0.1, 0.15) is 83.1 Å². The highest BCUT2D eigenvalue weighted by molar-refractivity contribution is 5.13. The van der Waals surface area contributed by atoms with Gasteiger partial charge in [-0.25, -0.2) is 0 Å². The molecule has 0 spiro atoms. The molecule has 1 aromatic carbocycles. The Morgan fingerprint density at radius 2 is 1.35 bits per heavy atom. The van der Waals surface area contributed by atoms with Crippen molar-refractivity contribution >= 4 is 0 Å². The molecule has 1 rings (SSSR count). The summed E-state index contributed by atoms with van der Waals surface area (Å²) >= 11 is 0. The van der Waals surface area contributed by atoms with Gasteiger partial charge in [-0.3, -0.25) is 0 Å². The molecule has 0 fully saturated rings. The van der Waals surface area contributed by atoms with Crippen molar-refractivity contribution in [2.24, 2.45) is 0 Å². The monoisotopic (exact) mass is 316 g/mol. The third-order valence-electron chi connectivity index (χ3n) is 4.16. The zero-order chi connectivity index (χ0) is 16.4. The fourth-order valence-corrected chi connectivity index (χ4v) is 2.69. The number of hydrogen-bond acceptors (Lipinski definition) is 1. The van der Waals surface area contributed by atoms with Crippen LogP contribution in [0.15, 0.2) is 42.5 Å². The van der Waals surface area contributed by atoms with Crippen LogP contribution in [0.4, 0.5) is 0 Å². The van der Waals surface area contributed by atoms with Gasteiger partial charge in [-0.05, 0) is 37.7 Å². The molecule has 0 aliphatic heterocycles. The number of ether oxygens (including phenoxy) is 1. The van der Waals surface area contributed by atoms with Crippen LogP contribution in [0, 0.1) is 0 Å². The maximum atomic E-state index is 5.70. The quantitative estimate of drug-likeness (QED) is 0.248. The SMILES string of the molecule is CCCCCCCC/C=C\CCCCCOCc1ccccc1. The van der Waals surface area contributed by atoms with Crippen LogP contribution in [-0.2, 0) is 11.3 Å². The van der Waals surface area contributed by atoms with Gasteiger partial charge in [-0.15, -0.1) is 0 Å². The Labute approximate surface area is 144 Å². The smallest absolute Gasteiger partial charge is 0.0716 e. The average molecular weight is 317 g/mol. The van der Waals surface area contributed by atoms with E-state index in [1.807, 2.05) is 6.07 Å². The van der Waals surface area contributed by atoms with E-state index in [-0.39, 0.29) is 0 Å². The molecule has 1 aromatic rings. The Hall–Kier alpha value is -1.08. The summed E-state index contributed by atoms with van der Waals surface area (Å²) in [6.45, 7) is 3.91. The fourth-order valence-electron chi connectivity index (χ4n) is 2.69. The van der Waals surface area contributed by atoms with E-state index in [0.717, 1.165) is 13.2 Å². The van der Waals surface area contributed by atoms with E-state index < -0.39 is 0 Å². The molecule has 0 aliphatic carbocycles. The van der Waals surface area contributed by atoms with Gasteiger partial charge in [0.25, 0.3) is 0 Å². The third-order valence-corrected chi connectivity index (χ3v) is 4.16. The zero-order valence-electron chi connectivity index (χ0n) is 15.1. The molecule has 0 saturated carbocycles. The lowest BCUT2D eigenvalue weighted by atomic mass is 10.1. The summed E-state index contributed by atoms with van der Waals surface area (Å²) in [6.07, 6.45) is 19.4. The minimum Gasteiger partial charge on any atom is -0.377 e. The van der Waals surface area contributed by atoms with Crippen LogP contribution in [0.2, 0.25) is 0 Å². The predicted octanol–water partition coefficient (Wildman–Crippen LogP) is 7.07. The number of hydrogen-bond donors (Lipinski definition) is 0. The maximum Gasteiger partial charge on any atom is 0.0716 e. The van der Waals surface area contributed by atoms with Gasteiger partial charge in [-0.2, -0.15) is 0 Å². The molecule has 0 saturated heterocycles. The van der Waals surface area contributed by atoms with Gasteiger partial charge in [0.15, 0.2) is 0 Å². The molecule has 130 valence electrons. The van der Waals surface area contributed by atoms with Gasteiger partial charge in [0.1, 0.15) is 0 Å². The van der Waals surface area contributed by atoms with Crippen LogP contribution >= 0.6 is 0 Å². The summed E-state index contributed by atoms with van der Waals surface area (Å²) in [4.78, 5) is 0. The van der Waals surface area contributed by atoms with E-state index in [1.165, 1.54) is 76.2 Å². The lowest BCUT2D eigenvalue weighted by molar-refractivity contribution is 0.117. The van der Waals surface area contributed by atoms with Crippen molar-refractivity contribution in [2.75, 3.05) is 6.61 Å². The first-order chi connectivity index (χ1) is 11.4. The van der Waals surface area contributed by atoms with Crippen LogP contribution < -0.4 is 0 Å². The highest BCUT2D eigenvalue weighted by Gasteiger charge is 1.92. The molecule has 0 bridgehead atoms. The summed E-state index contributed by atoms with van der Waals surface area (Å²) in [5.74, 6) is 0. The number of unbranched alkanes of at least 4 members (excludes halogenated alkanes) is 9. The molecule has 0 N–H and O–H groups in total. The number of benzene rings is 1. The van der Waals surface area contributed by atoms with Crippen LogP contribution in [0.3, 0.4) is 0 Å². The molecule has 0 amide bonds. The molecular formula is C22H36O. The molecule has 1 heteroatoms. The first kappa shape index (κ1) is 20.0. The van der Waals surface area contributed by atoms with Crippen LogP contribution in [-0.4, -0.2) is 6.61 Å². The van der Waals surface area contributed by atoms with Gasteiger partial charge in [-0.1, -0.05) is 87.9 Å². The molecular weight excluding hydrogens is 280 g/mol. The van der Waals surface area contributed by atoms with E-state index in [0.29, 0.717) is 0 Å². The topological polar surface area (TPSA) is 9.23 Å². The van der Waals surface area contributed by atoms with Crippen molar-refractivity contribution in [3.05, 3.63) is 48.0 Å². The van der Waals surface area contributed by atoms with Gasteiger partial charge in [0.2, 0.25) is 0 Å². The molecule has 0 atom stereocenters. The third kappa shape index (κ3) is 13.1. The van der Waals surface area contributed by atoms with Crippen molar-refractivity contribution in [1.29, 1.82) is 0 Å². The highest BCUT2D eigenvalue weighted by atomic mass is 16.5. The van der Waals surface area contributed by atoms with Crippen LogP contribution in [0.5, 0.6) is 0 Å². The molecule has 0 radical (unpaired) electrons. The molecule has 0 unspecified atom stereocenters. The van der Waals surface area contributed by atoms with Crippen molar-refractivity contribution in [2.45, 2.75) is 84.2 Å². The Morgan fingerprint density at radius 1 is 0.739 bits per heavy atom. The second-order valence-electron chi connectivity index (χ2n) is 6.42. The largest absolute Gasteiger partial charge is 0.377 e. The Morgan fingerprint density at radius 3 is 2.04 bits per heavy atom. The minimum absolute atomic E-state index is 0.749. The second kappa shape index (κ2) is 15.8. The average Bonchev–Trinajstić information content (AvgIpc) is 2.59. The zero-order valence-corrected chi connectivity index (χ0v) is 15.1. The number of allylic oxidation sites excluding steroid dienone is 2. The summed E-state index contributed by atoms with van der Waals surface area (Å²) < 4.78 is 5.70. The molecule has 0 aliphatic rings. The number of rotatable bonds is 15. The van der Waals surface area contributed by atoms with E-state index >= 15 is 0 Å². The van der Waals surface area contributed by atoms with E-state index in [1.54, 1.807) is 0 Å². The summed E-state index contributed by atoms with van der Waals surface area (Å²) in [6, 6.07) is 10.4. The van der Waals surface area contributed by atoms with Crippen molar-refractivity contribution < 1.29 is 4.74 Å². The standard InChI is InChI=1S/C22H36O/c1-2-3-4-5-6-7-8-9-10-11-12-13-17-20-23-21-22-18-15-14-16-19-22/h9-10,14-16,18-19H,2-8,11-13,17,20-21H2,1H3/b10-9-. The molecule has 0 aromatic heterocycles. The van der Waals surface area contributed by atoms with E-state index in [9.17, 15) is 0 Å². The van der Waals surface area contributed by atoms with Crippen molar-refractivity contribution in [3.63, 3.8) is 0 Å².